The number of nitrogens with zero attached hydrogens (tertiary/aromatic N) is 2. The van der Waals surface area contributed by atoms with Crippen molar-refractivity contribution in [3.63, 3.8) is 0 Å². The lowest BCUT2D eigenvalue weighted by atomic mass is 10.0. The number of nitriles is 1. The van der Waals surface area contributed by atoms with Gasteiger partial charge in [-0.05, 0) is 36.4 Å². The largest absolute Gasteiger partial charge is 0.548 e. The summed E-state index contributed by atoms with van der Waals surface area (Å²) in [4.78, 5) is 25.0. The van der Waals surface area contributed by atoms with Gasteiger partial charge in [0.25, 0.3) is 5.91 Å². The number of nitrogens with one attached hydrogen (secondary N) is 1. The Balaban J connectivity index is 2.40. The van der Waals surface area contributed by atoms with E-state index in [1.165, 1.54) is 29.2 Å². The van der Waals surface area contributed by atoms with Gasteiger partial charge in [-0.15, -0.1) is 0 Å². The van der Waals surface area contributed by atoms with Crippen molar-refractivity contribution in [2.45, 2.75) is 6.04 Å². The van der Waals surface area contributed by atoms with Crippen LogP contribution < -0.4 is 15.2 Å². The van der Waals surface area contributed by atoms with Gasteiger partial charge in [-0.3, -0.25) is 4.79 Å². The number of ether oxygens (including phenoxy) is 1. The monoisotopic (exact) mass is 420 g/mol. The average molecular weight is 421 g/mol. The van der Waals surface area contributed by atoms with E-state index in [9.17, 15) is 14.7 Å². The van der Waals surface area contributed by atoms with Crippen molar-refractivity contribution in [1.29, 1.82) is 5.26 Å². The van der Waals surface area contributed by atoms with E-state index in [0.29, 0.717) is 11.3 Å². The maximum Gasteiger partial charge on any atom is 0.259 e. The Morgan fingerprint density at radius 2 is 1.89 bits per heavy atom. The van der Waals surface area contributed by atoms with Crippen LogP contribution in [0, 0.1) is 11.3 Å². The molecule has 0 radical (unpaired) electrons. The Morgan fingerprint density at radius 1 is 1.25 bits per heavy atom. The molecule has 0 fully saturated rings. The summed E-state index contributed by atoms with van der Waals surface area (Å²) in [7, 11) is 3.12. The first-order chi connectivity index (χ1) is 13.2. The second-order valence-electron chi connectivity index (χ2n) is 5.97. The summed E-state index contributed by atoms with van der Waals surface area (Å²) in [6.45, 7) is -0.335. The van der Waals surface area contributed by atoms with E-state index in [2.05, 4.69) is 5.32 Å². The summed E-state index contributed by atoms with van der Waals surface area (Å²) in [5.41, 5.74) is 0.959. The Bertz CT molecular complexity index is 924. The Labute approximate surface area is 172 Å². The first-order valence-electron chi connectivity index (χ1n) is 8.02. The minimum absolute atomic E-state index is 0.0108. The summed E-state index contributed by atoms with van der Waals surface area (Å²) < 4.78 is 5.50. The van der Waals surface area contributed by atoms with Crippen LogP contribution in [0.2, 0.25) is 10.0 Å². The van der Waals surface area contributed by atoms with Crippen LogP contribution in [-0.4, -0.2) is 37.5 Å². The van der Waals surface area contributed by atoms with Crippen molar-refractivity contribution in [2.75, 3.05) is 26.0 Å². The molecular weight excluding hydrogens is 405 g/mol. The molecule has 1 N–H and O–H groups in total. The Hall–Kier alpha value is -2.95. The molecule has 0 aliphatic carbocycles. The molecule has 2 aromatic carbocycles. The number of carbonyl (C=O) groups excluding carboxylic acids is 2. The van der Waals surface area contributed by atoms with E-state index < -0.39 is 12.0 Å². The second-order valence-corrected chi connectivity index (χ2v) is 6.81. The average Bonchev–Trinajstić information content (AvgIpc) is 2.64. The van der Waals surface area contributed by atoms with Crippen molar-refractivity contribution < 1.29 is 19.4 Å². The number of hydrogen-bond acceptors (Lipinski definition) is 6. The molecule has 28 heavy (non-hydrogen) atoms. The number of benzene rings is 2. The summed E-state index contributed by atoms with van der Waals surface area (Å²) in [6.07, 6.45) is 0. The number of anilines is 1. The number of hydrogen-bond donors (Lipinski definition) is 1. The molecule has 146 valence electrons. The molecule has 9 heteroatoms. The third kappa shape index (κ3) is 5.28. The van der Waals surface area contributed by atoms with Gasteiger partial charge in [-0.2, -0.15) is 5.26 Å². The molecule has 0 aliphatic rings. The van der Waals surface area contributed by atoms with Crippen molar-refractivity contribution in [1.82, 2.24) is 4.90 Å². The molecule has 0 spiro atoms. The van der Waals surface area contributed by atoms with Crippen LogP contribution in [0.15, 0.2) is 36.4 Å². The fraction of sp³-hybridized carbons (Fsp3) is 0.211. The lowest BCUT2D eigenvalue weighted by Gasteiger charge is -2.25. The molecule has 0 heterocycles. The molecular formula is C19H16Cl2N3O4-. The summed E-state index contributed by atoms with van der Waals surface area (Å²) in [5.74, 6) is -1.77. The van der Waals surface area contributed by atoms with Crippen molar-refractivity contribution in [3.8, 4) is 11.8 Å². The summed E-state index contributed by atoms with van der Waals surface area (Å²) >= 11 is 12.2. The van der Waals surface area contributed by atoms with Gasteiger partial charge < -0.3 is 24.9 Å². The van der Waals surface area contributed by atoms with Gasteiger partial charge in [0.15, 0.2) is 6.61 Å². The lowest BCUT2D eigenvalue weighted by Crippen LogP contribution is -2.35. The first-order valence-corrected chi connectivity index (χ1v) is 8.78. The van der Waals surface area contributed by atoms with Crippen molar-refractivity contribution in [2.24, 2.45) is 0 Å². The fourth-order valence-electron chi connectivity index (χ4n) is 2.28. The van der Waals surface area contributed by atoms with Crippen molar-refractivity contribution in [3.05, 3.63) is 57.6 Å². The number of carboxylic acids is 1. The number of likely N-dealkylation sites (N-methyl/N-ethyl adjacent to an activating group) is 1. The molecule has 1 atom stereocenters. The minimum Gasteiger partial charge on any atom is -0.548 e. The maximum atomic E-state index is 11.8. The predicted octanol–water partition coefficient (Wildman–Crippen LogP) is 2.24. The van der Waals surface area contributed by atoms with Gasteiger partial charge in [0.2, 0.25) is 0 Å². The number of carbonyl (C=O) groups is 2. The molecule has 0 bridgehead atoms. The van der Waals surface area contributed by atoms with Crippen molar-refractivity contribution >= 4 is 40.8 Å². The van der Waals surface area contributed by atoms with E-state index in [1.807, 2.05) is 6.07 Å². The second kappa shape index (κ2) is 9.31. The van der Waals surface area contributed by atoms with Gasteiger partial charge in [0.05, 0.1) is 28.7 Å². The number of aliphatic carboxylic acids is 1. The zero-order chi connectivity index (χ0) is 20.8. The number of rotatable bonds is 7. The van der Waals surface area contributed by atoms with Crippen LogP contribution >= 0.6 is 23.2 Å². The SMILES string of the molecule is CN(C)C(=O)COc1c(Cl)cc(Cl)cc1C(Nc1ccc(C#N)cc1)C(=O)[O-]. The highest BCUT2D eigenvalue weighted by Crippen LogP contribution is 2.37. The quantitative estimate of drug-likeness (QED) is 0.735. The van der Waals surface area contributed by atoms with Gasteiger partial charge in [-0.25, -0.2) is 0 Å². The topological polar surface area (TPSA) is 105 Å². The van der Waals surface area contributed by atoms with E-state index in [4.69, 9.17) is 33.2 Å². The van der Waals surface area contributed by atoms with E-state index in [0.717, 1.165) is 0 Å². The van der Waals surface area contributed by atoms with E-state index >= 15 is 0 Å². The lowest BCUT2D eigenvalue weighted by molar-refractivity contribution is -0.307. The van der Waals surface area contributed by atoms with Crippen LogP contribution in [0.3, 0.4) is 0 Å². The van der Waals surface area contributed by atoms with Gasteiger partial charge in [-0.1, -0.05) is 23.2 Å². The van der Waals surface area contributed by atoms with Crippen LogP contribution in [-0.2, 0) is 9.59 Å². The summed E-state index contributed by atoms with van der Waals surface area (Å²) in [6, 6.07) is 9.54. The number of amides is 1. The molecule has 0 aromatic heterocycles. The third-order valence-electron chi connectivity index (χ3n) is 3.75. The summed E-state index contributed by atoms with van der Waals surface area (Å²) in [5, 5.41) is 23.7. The standard InChI is InChI=1S/C19H17Cl2N3O4/c1-24(2)16(25)10-28-18-14(7-12(20)8-15(18)21)17(19(26)27)23-13-5-3-11(9-22)4-6-13/h3-8,17,23H,10H2,1-2H3,(H,26,27)/p-1. The highest BCUT2D eigenvalue weighted by molar-refractivity contribution is 6.35. The van der Waals surface area contributed by atoms with Crippen LogP contribution in [0.5, 0.6) is 5.75 Å². The molecule has 0 aliphatic heterocycles. The van der Waals surface area contributed by atoms with Gasteiger partial charge >= 0.3 is 0 Å². The zero-order valence-electron chi connectivity index (χ0n) is 15.0. The fourth-order valence-corrected chi connectivity index (χ4v) is 2.84. The number of carboxylic acid groups (broad SMARTS) is 1. The third-order valence-corrected chi connectivity index (χ3v) is 4.25. The van der Waals surface area contributed by atoms with Crippen LogP contribution in [0.4, 0.5) is 5.69 Å². The first kappa shape index (κ1) is 21.4. The van der Waals surface area contributed by atoms with Gasteiger partial charge in [0, 0.05) is 30.4 Å². The Kier molecular flexibility index (Phi) is 7.10. The zero-order valence-corrected chi connectivity index (χ0v) is 16.5. The Morgan fingerprint density at radius 3 is 2.43 bits per heavy atom. The highest BCUT2D eigenvalue weighted by Gasteiger charge is 2.22. The van der Waals surface area contributed by atoms with E-state index in [-0.39, 0.29) is 33.9 Å². The molecule has 1 unspecified atom stereocenters. The highest BCUT2D eigenvalue weighted by atomic mass is 35.5. The van der Waals surface area contributed by atoms with Gasteiger partial charge in [0.1, 0.15) is 5.75 Å². The van der Waals surface area contributed by atoms with Crippen LogP contribution in [0.25, 0.3) is 0 Å². The maximum absolute atomic E-state index is 11.8. The molecule has 0 saturated carbocycles. The van der Waals surface area contributed by atoms with Crippen LogP contribution in [0.1, 0.15) is 17.2 Å². The molecule has 2 rings (SSSR count). The number of halogens is 2. The molecule has 7 nitrogen and oxygen atoms in total. The normalized spacial score (nSPS) is 11.2. The molecule has 2 aromatic rings. The molecule has 0 saturated heterocycles. The predicted molar refractivity (Wildman–Crippen MR) is 103 cm³/mol. The minimum atomic E-state index is -1.45. The smallest absolute Gasteiger partial charge is 0.259 e. The molecule has 1 amide bonds. The van der Waals surface area contributed by atoms with E-state index in [1.54, 1.807) is 26.2 Å².